The first-order chi connectivity index (χ1) is 9.54. The van der Waals surface area contributed by atoms with Gasteiger partial charge in [-0.2, -0.15) is 0 Å². The van der Waals surface area contributed by atoms with Gasteiger partial charge in [-0.3, -0.25) is 4.79 Å². The standard InChI is InChI=1S/C12H15N5O3/c1-7-10(8(2)20-16-7)5-14-4-9(3-13)17-11(18)6-15-12(17)19/h3-4,13-14H,5-6H2,1-2H3,(H,15,19)/b9-4+,13-3?. The first-order valence-electron chi connectivity index (χ1n) is 6.01. The van der Waals surface area contributed by atoms with E-state index in [0.29, 0.717) is 12.3 Å². The van der Waals surface area contributed by atoms with Crippen molar-refractivity contribution in [1.29, 1.82) is 5.41 Å². The number of aryl methyl sites for hydroxylation is 2. The predicted molar refractivity (Wildman–Crippen MR) is 69.9 cm³/mol. The van der Waals surface area contributed by atoms with Crippen LogP contribution < -0.4 is 10.6 Å². The lowest BCUT2D eigenvalue weighted by atomic mass is 10.2. The molecule has 1 aliphatic rings. The molecule has 0 radical (unpaired) electrons. The van der Waals surface area contributed by atoms with E-state index >= 15 is 0 Å². The van der Waals surface area contributed by atoms with Crippen LogP contribution in [0, 0.1) is 19.3 Å². The molecule has 0 bridgehead atoms. The number of carbonyl (C=O) groups is 2. The van der Waals surface area contributed by atoms with Crippen LogP contribution in [-0.2, 0) is 11.3 Å². The van der Waals surface area contributed by atoms with Crippen molar-refractivity contribution in [2.24, 2.45) is 0 Å². The van der Waals surface area contributed by atoms with Crippen LogP contribution in [0.5, 0.6) is 0 Å². The topological polar surface area (TPSA) is 111 Å². The average molecular weight is 277 g/mol. The van der Waals surface area contributed by atoms with Gasteiger partial charge in [0.2, 0.25) is 0 Å². The highest BCUT2D eigenvalue weighted by atomic mass is 16.5. The van der Waals surface area contributed by atoms with Crippen molar-refractivity contribution >= 4 is 18.2 Å². The van der Waals surface area contributed by atoms with Crippen LogP contribution in [0.1, 0.15) is 17.0 Å². The van der Waals surface area contributed by atoms with Crippen LogP contribution in [0.25, 0.3) is 0 Å². The molecular weight excluding hydrogens is 262 g/mol. The Balaban J connectivity index is 2.07. The summed E-state index contributed by atoms with van der Waals surface area (Å²) < 4.78 is 5.03. The first kappa shape index (κ1) is 13.8. The minimum Gasteiger partial charge on any atom is -0.385 e. The maximum atomic E-state index is 11.5. The largest absolute Gasteiger partial charge is 0.385 e. The zero-order valence-electron chi connectivity index (χ0n) is 11.2. The number of rotatable bonds is 5. The molecule has 0 aromatic carbocycles. The van der Waals surface area contributed by atoms with Gasteiger partial charge in [-0.1, -0.05) is 5.16 Å². The Morgan fingerprint density at radius 3 is 2.80 bits per heavy atom. The Morgan fingerprint density at radius 2 is 2.30 bits per heavy atom. The summed E-state index contributed by atoms with van der Waals surface area (Å²) in [5.41, 5.74) is 1.86. The minimum absolute atomic E-state index is 0.0477. The van der Waals surface area contributed by atoms with Crippen molar-refractivity contribution in [2.75, 3.05) is 6.54 Å². The molecule has 1 aromatic rings. The van der Waals surface area contributed by atoms with Crippen LogP contribution in [-0.4, -0.2) is 34.8 Å². The van der Waals surface area contributed by atoms with E-state index in [1.165, 1.54) is 6.20 Å². The van der Waals surface area contributed by atoms with Crippen molar-refractivity contribution in [3.05, 3.63) is 28.9 Å². The number of amides is 3. The second-order valence-electron chi connectivity index (χ2n) is 4.29. The Bertz CT molecular complexity index is 554. The quantitative estimate of drug-likeness (QED) is 0.533. The van der Waals surface area contributed by atoms with Gasteiger partial charge in [0.05, 0.1) is 17.9 Å². The summed E-state index contributed by atoms with van der Waals surface area (Å²) >= 11 is 0. The van der Waals surface area contributed by atoms with Gasteiger partial charge in [-0.05, 0) is 13.8 Å². The van der Waals surface area contributed by atoms with Crippen molar-refractivity contribution in [1.82, 2.24) is 20.7 Å². The lowest BCUT2D eigenvalue weighted by Gasteiger charge is -2.12. The third-order valence-corrected chi connectivity index (χ3v) is 2.96. The summed E-state index contributed by atoms with van der Waals surface area (Å²) in [6, 6.07) is -0.524. The number of imide groups is 1. The fourth-order valence-corrected chi connectivity index (χ4v) is 1.87. The molecule has 1 aromatic heterocycles. The van der Waals surface area contributed by atoms with Crippen molar-refractivity contribution in [3.63, 3.8) is 0 Å². The molecule has 1 aliphatic heterocycles. The van der Waals surface area contributed by atoms with Crippen molar-refractivity contribution in [3.8, 4) is 0 Å². The SMILES string of the molecule is Cc1noc(C)c1CN/C=C(\C=N)N1C(=O)CNC1=O. The molecule has 20 heavy (non-hydrogen) atoms. The number of nitrogens with one attached hydrogen (secondary N) is 3. The van der Waals surface area contributed by atoms with E-state index in [1.54, 1.807) is 6.92 Å². The number of urea groups is 1. The van der Waals surface area contributed by atoms with Gasteiger partial charge in [0.15, 0.2) is 0 Å². The summed E-state index contributed by atoms with van der Waals surface area (Å²) in [4.78, 5) is 23.9. The van der Waals surface area contributed by atoms with E-state index in [4.69, 9.17) is 9.93 Å². The second kappa shape index (κ2) is 5.55. The van der Waals surface area contributed by atoms with Crippen LogP contribution >= 0.6 is 0 Å². The number of allylic oxidation sites excluding steroid dienone is 1. The lowest BCUT2D eigenvalue weighted by Crippen LogP contribution is -2.31. The van der Waals surface area contributed by atoms with E-state index in [2.05, 4.69) is 15.8 Å². The maximum absolute atomic E-state index is 11.5. The molecule has 2 rings (SSSR count). The molecule has 1 saturated heterocycles. The average Bonchev–Trinajstić information content (AvgIpc) is 2.91. The minimum atomic E-state index is -0.524. The molecule has 106 valence electrons. The van der Waals surface area contributed by atoms with Crippen molar-refractivity contribution in [2.45, 2.75) is 20.4 Å². The number of nitrogens with zero attached hydrogens (tertiary/aromatic N) is 2. The highest BCUT2D eigenvalue weighted by Crippen LogP contribution is 2.12. The smallest absolute Gasteiger partial charge is 0.329 e. The number of carbonyl (C=O) groups excluding carboxylic acids is 2. The van der Waals surface area contributed by atoms with Crippen LogP contribution in [0.4, 0.5) is 4.79 Å². The van der Waals surface area contributed by atoms with Gasteiger partial charge in [0, 0.05) is 24.5 Å². The van der Waals surface area contributed by atoms with E-state index in [-0.39, 0.29) is 18.1 Å². The number of hydrogen-bond acceptors (Lipinski definition) is 6. The van der Waals surface area contributed by atoms with Gasteiger partial charge in [0.1, 0.15) is 5.76 Å². The van der Waals surface area contributed by atoms with Crippen LogP contribution in [0.2, 0.25) is 0 Å². The Labute approximate surface area is 115 Å². The van der Waals surface area contributed by atoms with E-state index in [1.807, 2.05) is 6.92 Å². The molecule has 0 unspecified atom stereocenters. The summed E-state index contributed by atoms with van der Waals surface area (Å²) in [7, 11) is 0. The predicted octanol–water partition coefficient (Wildman–Crippen LogP) is 0.424. The molecule has 2 heterocycles. The van der Waals surface area contributed by atoms with Gasteiger partial charge in [-0.15, -0.1) is 0 Å². The third kappa shape index (κ3) is 2.53. The molecule has 1 fully saturated rings. The van der Waals surface area contributed by atoms with Crippen LogP contribution in [0.3, 0.4) is 0 Å². The summed E-state index contributed by atoms with van der Waals surface area (Å²) in [6.45, 7) is 4.01. The van der Waals surface area contributed by atoms with E-state index in [0.717, 1.165) is 22.4 Å². The van der Waals surface area contributed by atoms with Crippen molar-refractivity contribution < 1.29 is 14.1 Å². The summed E-state index contributed by atoms with van der Waals surface area (Å²) in [6.07, 6.45) is 2.39. The third-order valence-electron chi connectivity index (χ3n) is 2.96. The lowest BCUT2D eigenvalue weighted by molar-refractivity contribution is -0.123. The highest BCUT2D eigenvalue weighted by Gasteiger charge is 2.30. The van der Waals surface area contributed by atoms with E-state index < -0.39 is 6.03 Å². The number of hydrogen-bond donors (Lipinski definition) is 3. The van der Waals surface area contributed by atoms with Gasteiger partial charge < -0.3 is 20.6 Å². The fraction of sp³-hybridized carbons (Fsp3) is 0.333. The fourth-order valence-electron chi connectivity index (χ4n) is 1.87. The monoisotopic (exact) mass is 277 g/mol. The molecule has 0 spiro atoms. The Morgan fingerprint density at radius 1 is 1.55 bits per heavy atom. The second-order valence-corrected chi connectivity index (χ2v) is 4.29. The molecule has 0 saturated carbocycles. The molecule has 0 atom stereocenters. The normalized spacial score (nSPS) is 15.5. The summed E-state index contributed by atoms with van der Waals surface area (Å²) in [5.74, 6) is 0.318. The zero-order chi connectivity index (χ0) is 14.7. The number of aromatic nitrogens is 1. The van der Waals surface area contributed by atoms with Gasteiger partial charge in [0.25, 0.3) is 5.91 Å². The molecular formula is C12H15N5O3. The molecule has 0 aliphatic carbocycles. The molecule has 3 N–H and O–H groups in total. The van der Waals surface area contributed by atoms with E-state index in [9.17, 15) is 9.59 Å². The maximum Gasteiger partial charge on any atom is 0.329 e. The molecule has 3 amide bonds. The zero-order valence-corrected chi connectivity index (χ0v) is 11.2. The van der Waals surface area contributed by atoms with Crippen LogP contribution in [0.15, 0.2) is 16.4 Å². The Kier molecular flexibility index (Phi) is 3.83. The molecule has 8 heteroatoms. The Hall–Kier alpha value is -2.64. The highest BCUT2D eigenvalue weighted by molar-refractivity contribution is 6.07. The van der Waals surface area contributed by atoms with Gasteiger partial charge >= 0.3 is 6.03 Å². The first-order valence-corrected chi connectivity index (χ1v) is 6.01. The molecule has 8 nitrogen and oxygen atoms in total. The van der Waals surface area contributed by atoms with Gasteiger partial charge in [-0.25, -0.2) is 9.69 Å². The summed E-state index contributed by atoms with van der Waals surface area (Å²) in [5, 5.41) is 16.5.